The number of hydrogen-bond acceptors (Lipinski definition) is 5. The zero-order valence-electron chi connectivity index (χ0n) is 12.5. The van der Waals surface area contributed by atoms with E-state index in [4.69, 9.17) is 5.73 Å². The molecular formula is C13H15F3N4O4. The molecule has 0 aliphatic heterocycles. The number of hydrogen-bond donors (Lipinski definition) is 3. The molecule has 8 nitrogen and oxygen atoms in total. The van der Waals surface area contributed by atoms with Crippen molar-refractivity contribution in [3.05, 3.63) is 33.9 Å². The van der Waals surface area contributed by atoms with Crippen molar-refractivity contribution in [3.63, 3.8) is 0 Å². The van der Waals surface area contributed by atoms with Gasteiger partial charge in [0, 0.05) is 19.0 Å². The Balaban J connectivity index is 2.73. The molecule has 24 heavy (non-hydrogen) atoms. The molecule has 0 aromatic heterocycles. The first kappa shape index (κ1) is 19.2. The summed E-state index contributed by atoms with van der Waals surface area (Å²) in [6.45, 7) is 1.30. The summed E-state index contributed by atoms with van der Waals surface area (Å²) in [5, 5.41) is 15.7. The van der Waals surface area contributed by atoms with Crippen molar-refractivity contribution in [1.29, 1.82) is 0 Å². The molecule has 2 amide bonds. The largest absolute Gasteiger partial charge is 0.416 e. The Kier molecular flexibility index (Phi) is 6.09. The maximum absolute atomic E-state index is 12.6. The molecule has 0 saturated heterocycles. The van der Waals surface area contributed by atoms with E-state index in [2.05, 4.69) is 10.6 Å². The number of rotatable bonds is 7. The van der Waals surface area contributed by atoms with E-state index in [0.29, 0.717) is 12.1 Å². The van der Waals surface area contributed by atoms with Crippen LogP contribution in [-0.2, 0) is 15.8 Å². The van der Waals surface area contributed by atoms with Gasteiger partial charge in [-0.1, -0.05) is 0 Å². The van der Waals surface area contributed by atoms with Crippen LogP contribution in [0, 0.1) is 10.1 Å². The third kappa shape index (κ3) is 5.41. The van der Waals surface area contributed by atoms with Gasteiger partial charge in [-0.05, 0) is 19.1 Å². The molecule has 1 unspecified atom stereocenters. The highest BCUT2D eigenvalue weighted by molar-refractivity contribution is 5.86. The number of nitrogens with zero attached hydrogens (tertiary/aromatic N) is 1. The maximum Gasteiger partial charge on any atom is 0.416 e. The fourth-order valence-electron chi connectivity index (χ4n) is 1.70. The topological polar surface area (TPSA) is 127 Å². The van der Waals surface area contributed by atoms with Crippen LogP contribution in [0.25, 0.3) is 0 Å². The van der Waals surface area contributed by atoms with Crippen LogP contribution in [-0.4, -0.2) is 29.3 Å². The van der Waals surface area contributed by atoms with Crippen molar-refractivity contribution >= 4 is 23.2 Å². The summed E-state index contributed by atoms with van der Waals surface area (Å²) >= 11 is 0. The minimum Gasteiger partial charge on any atom is -0.379 e. The Morgan fingerprint density at radius 1 is 1.38 bits per heavy atom. The molecule has 0 aliphatic carbocycles. The van der Waals surface area contributed by atoms with Gasteiger partial charge in [0.25, 0.3) is 5.69 Å². The summed E-state index contributed by atoms with van der Waals surface area (Å²) in [7, 11) is 0. The predicted molar refractivity (Wildman–Crippen MR) is 78.0 cm³/mol. The van der Waals surface area contributed by atoms with Crippen LogP contribution in [0.15, 0.2) is 18.2 Å². The van der Waals surface area contributed by atoms with E-state index in [1.165, 1.54) is 6.92 Å². The summed E-state index contributed by atoms with van der Waals surface area (Å²) < 4.78 is 37.7. The van der Waals surface area contributed by atoms with E-state index in [1.807, 2.05) is 0 Å². The van der Waals surface area contributed by atoms with E-state index in [1.54, 1.807) is 0 Å². The molecule has 0 fully saturated rings. The monoisotopic (exact) mass is 348 g/mol. The normalized spacial score (nSPS) is 12.3. The highest BCUT2D eigenvalue weighted by Crippen LogP contribution is 2.34. The second-order valence-corrected chi connectivity index (χ2v) is 4.86. The average Bonchev–Trinajstić information content (AvgIpc) is 2.45. The number of benzene rings is 1. The number of anilines is 1. The van der Waals surface area contributed by atoms with Gasteiger partial charge >= 0.3 is 6.18 Å². The fraction of sp³-hybridized carbons (Fsp3) is 0.385. The number of halogens is 3. The summed E-state index contributed by atoms with van der Waals surface area (Å²) in [4.78, 5) is 32.2. The van der Waals surface area contributed by atoms with Crippen molar-refractivity contribution in [2.75, 3.05) is 11.9 Å². The fourth-order valence-corrected chi connectivity index (χ4v) is 1.70. The molecule has 11 heteroatoms. The van der Waals surface area contributed by atoms with Crippen LogP contribution in [0.5, 0.6) is 0 Å². The standard InChI is InChI=1S/C13H15F3N4O4/c1-7(12(17)22)19-11(21)4-5-18-9-3-2-8(13(14,15)16)6-10(9)20(23)24/h2-3,6-7,18H,4-5H2,1H3,(H2,17,22)(H,19,21). The van der Waals surface area contributed by atoms with Gasteiger partial charge in [0.2, 0.25) is 11.8 Å². The van der Waals surface area contributed by atoms with Crippen LogP contribution in [0.2, 0.25) is 0 Å². The second-order valence-electron chi connectivity index (χ2n) is 4.86. The lowest BCUT2D eigenvalue weighted by molar-refractivity contribution is -0.384. The van der Waals surface area contributed by atoms with Gasteiger partial charge in [0.05, 0.1) is 10.5 Å². The number of nitro groups is 1. The molecule has 1 aromatic rings. The summed E-state index contributed by atoms with van der Waals surface area (Å²) in [6, 6.07) is 1.16. The Morgan fingerprint density at radius 2 is 2.00 bits per heavy atom. The summed E-state index contributed by atoms with van der Waals surface area (Å²) in [5.41, 5.74) is 2.92. The van der Waals surface area contributed by atoms with E-state index in [9.17, 15) is 32.9 Å². The molecule has 0 radical (unpaired) electrons. The van der Waals surface area contributed by atoms with Crippen LogP contribution < -0.4 is 16.4 Å². The number of primary amides is 1. The van der Waals surface area contributed by atoms with Crippen LogP contribution >= 0.6 is 0 Å². The molecule has 4 N–H and O–H groups in total. The zero-order chi connectivity index (χ0) is 18.5. The number of carbonyl (C=O) groups excluding carboxylic acids is 2. The van der Waals surface area contributed by atoms with Gasteiger partial charge in [-0.25, -0.2) is 0 Å². The molecule has 0 heterocycles. The number of nitro benzene ring substituents is 1. The molecule has 0 bridgehead atoms. The Morgan fingerprint density at radius 3 is 2.50 bits per heavy atom. The van der Waals surface area contributed by atoms with Gasteiger partial charge in [-0.2, -0.15) is 13.2 Å². The van der Waals surface area contributed by atoms with Crippen LogP contribution in [0.1, 0.15) is 18.9 Å². The molecular weight excluding hydrogens is 333 g/mol. The van der Waals surface area contributed by atoms with Gasteiger partial charge in [0.1, 0.15) is 11.7 Å². The van der Waals surface area contributed by atoms with Crippen molar-refractivity contribution in [3.8, 4) is 0 Å². The van der Waals surface area contributed by atoms with E-state index in [-0.39, 0.29) is 18.7 Å². The van der Waals surface area contributed by atoms with Crippen LogP contribution in [0.3, 0.4) is 0 Å². The van der Waals surface area contributed by atoms with Crippen molar-refractivity contribution in [1.82, 2.24) is 5.32 Å². The molecule has 132 valence electrons. The first-order valence-corrected chi connectivity index (χ1v) is 6.70. The van der Waals surface area contributed by atoms with Gasteiger partial charge in [-0.15, -0.1) is 0 Å². The lowest BCUT2D eigenvalue weighted by Gasteiger charge is -2.12. The maximum atomic E-state index is 12.6. The minimum absolute atomic E-state index is 0.0798. The Hall–Kier alpha value is -2.85. The number of carbonyl (C=O) groups is 2. The molecule has 0 spiro atoms. The highest BCUT2D eigenvalue weighted by atomic mass is 19.4. The van der Waals surface area contributed by atoms with Gasteiger partial charge in [0.15, 0.2) is 0 Å². The number of nitrogens with two attached hydrogens (primary N) is 1. The third-order valence-electron chi connectivity index (χ3n) is 2.99. The van der Waals surface area contributed by atoms with E-state index < -0.39 is 40.2 Å². The van der Waals surface area contributed by atoms with Crippen molar-refractivity contribution in [2.45, 2.75) is 25.6 Å². The third-order valence-corrected chi connectivity index (χ3v) is 2.99. The molecule has 1 rings (SSSR count). The van der Waals surface area contributed by atoms with Crippen molar-refractivity contribution in [2.24, 2.45) is 5.73 Å². The van der Waals surface area contributed by atoms with Gasteiger partial charge < -0.3 is 16.4 Å². The molecule has 1 atom stereocenters. The number of nitrogens with one attached hydrogen (secondary N) is 2. The predicted octanol–water partition coefficient (Wildman–Crippen LogP) is 1.41. The molecule has 0 saturated carbocycles. The Labute approximate surface area is 134 Å². The first-order chi connectivity index (χ1) is 11.0. The average molecular weight is 348 g/mol. The first-order valence-electron chi connectivity index (χ1n) is 6.70. The summed E-state index contributed by atoms with van der Waals surface area (Å²) in [6.07, 6.45) is -4.86. The molecule has 0 aliphatic rings. The second kappa shape index (κ2) is 7.62. The number of alkyl halides is 3. The minimum atomic E-state index is -4.70. The SMILES string of the molecule is CC(NC(=O)CCNc1ccc(C(F)(F)F)cc1[N+](=O)[O-])C(N)=O. The highest BCUT2D eigenvalue weighted by Gasteiger charge is 2.33. The quantitative estimate of drug-likeness (QED) is 0.507. The lowest BCUT2D eigenvalue weighted by atomic mass is 10.1. The molecule has 1 aromatic carbocycles. The van der Waals surface area contributed by atoms with E-state index in [0.717, 1.165) is 6.07 Å². The number of amides is 2. The van der Waals surface area contributed by atoms with Gasteiger partial charge in [-0.3, -0.25) is 19.7 Å². The smallest absolute Gasteiger partial charge is 0.379 e. The zero-order valence-corrected chi connectivity index (χ0v) is 12.5. The van der Waals surface area contributed by atoms with Crippen LogP contribution in [0.4, 0.5) is 24.5 Å². The van der Waals surface area contributed by atoms with E-state index >= 15 is 0 Å². The Bertz CT molecular complexity index is 649. The summed E-state index contributed by atoms with van der Waals surface area (Å²) in [5.74, 6) is -1.27. The lowest BCUT2D eigenvalue weighted by Crippen LogP contribution is -2.42. The van der Waals surface area contributed by atoms with Crippen molar-refractivity contribution < 1.29 is 27.7 Å².